The van der Waals surface area contributed by atoms with E-state index in [4.69, 9.17) is 4.74 Å². The fraction of sp³-hybridized carbons (Fsp3) is 0.650. The van der Waals surface area contributed by atoms with Crippen molar-refractivity contribution in [3.05, 3.63) is 29.3 Å². The molecular weight excluding hydrogens is 330 g/mol. The van der Waals surface area contributed by atoms with Crippen LogP contribution < -0.4 is 15.4 Å². The maximum atomic E-state index is 12.1. The zero-order valence-electron chi connectivity index (χ0n) is 16.4. The molecule has 1 aliphatic carbocycles. The van der Waals surface area contributed by atoms with Crippen molar-refractivity contribution in [2.24, 2.45) is 0 Å². The van der Waals surface area contributed by atoms with Gasteiger partial charge in [-0.15, -0.1) is 0 Å². The van der Waals surface area contributed by atoms with Crippen molar-refractivity contribution >= 4 is 6.03 Å². The lowest BCUT2D eigenvalue weighted by molar-refractivity contribution is 0.106. The van der Waals surface area contributed by atoms with Crippen LogP contribution in [0.2, 0.25) is 0 Å². The lowest BCUT2D eigenvalue weighted by Crippen LogP contribution is -2.48. The number of carbonyl (C=O) groups excluding carboxylic acids is 1. The van der Waals surface area contributed by atoms with Crippen LogP contribution in [-0.4, -0.2) is 61.5 Å². The van der Waals surface area contributed by atoms with Crippen molar-refractivity contribution in [3.8, 4) is 5.75 Å². The fourth-order valence-corrected chi connectivity index (χ4v) is 3.48. The lowest BCUT2D eigenvalue weighted by Gasteiger charge is -2.33. The average molecular weight is 364 g/mol. The van der Waals surface area contributed by atoms with E-state index in [1.807, 2.05) is 32.0 Å². The minimum Gasteiger partial charge on any atom is -0.490 e. The third-order valence-electron chi connectivity index (χ3n) is 5.04. The van der Waals surface area contributed by atoms with Gasteiger partial charge >= 0.3 is 6.03 Å². The number of nitrogens with zero attached hydrogens (tertiary/aromatic N) is 1. The molecule has 1 aromatic carbocycles. The van der Waals surface area contributed by atoms with Crippen LogP contribution in [0.25, 0.3) is 0 Å². The summed E-state index contributed by atoms with van der Waals surface area (Å²) in [7, 11) is 4.17. The molecule has 2 amide bonds. The monoisotopic (exact) mass is 363 g/mol. The van der Waals surface area contributed by atoms with Crippen LogP contribution in [0.5, 0.6) is 5.75 Å². The smallest absolute Gasteiger partial charge is 0.315 e. The first-order valence-electron chi connectivity index (χ1n) is 9.44. The lowest BCUT2D eigenvalue weighted by atomic mass is 9.90. The van der Waals surface area contributed by atoms with Gasteiger partial charge in [-0.25, -0.2) is 4.79 Å². The van der Waals surface area contributed by atoms with E-state index in [0.717, 1.165) is 36.1 Å². The third kappa shape index (κ3) is 6.18. The summed E-state index contributed by atoms with van der Waals surface area (Å²) < 4.78 is 5.72. The van der Waals surface area contributed by atoms with Gasteiger partial charge in [0, 0.05) is 18.6 Å². The number of amides is 2. The van der Waals surface area contributed by atoms with Gasteiger partial charge in [-0.1, -0.05) is 18.2 Å². The van der Waals surface area contributed by atoms with Gasteiger partial charge in [-0.2, -0.15) is 0 Å². The zero-order valence-corrected chi connectivity index (χ0v) is 16.4. The minimum atomic E-state index is -0.749. The second-order valence-corrected chi connectivity index (χ2v) is 7.52. The normalized spacial score (nSPS) is 21.3. The molecule has 0 unspecified atom stereocenters. The Hall–Kier alpha value is -1.79. The molecule has 0 bridgehead atoms. The Morgan fingerprint density at radius 3 is 2.65 bits per heavy atom. The molecule has 146 valence electrons. The van der Waals surface area contributed by atoms with Gasteiger partial charge in [0.1, 0.15) is 18.5 Å². The molecule has 1 saturated carbocycles. The van der Waals surface area contributed by atoms with Crippen LogP contribution >= 0.6 is 0 Å². The van der Waals surface area contributed by atoms with Crippen molar-refractivity contribution in [1.29, 1.82) is 0 Å². The van der Waals surface area contributed by atoms with E-state index in [-0.39, 0.29) is 25.2 Å². The first-order chi connectivity index (χ1) is 12.4. The number of aliphatic hydroxyl groups excluding tert-OH is 1. The van der Waals surface area contributed by atoms with E-state index < -0.39 is 6.10 Å². The van der Waals surface area contributed by atoms with E-state index in [1.54, 1.807) is 0 Å². The number of benzene rings is 1. The van der Waals surface area contributed by atoms with Crippen LogP contribution in [0.15, 0.2) is 18.2 Å². The van der Waals surface area contributed by atoms with Gasteiger partial charge in [0.05, 0.1) is 0 Å². The molecular formula is C20H33N3O3. The van der Waals surface area contributed by atoms with E-state index in [9.17, 15) is 9.90 Å². The molecule has 3 N–H and O–H groups in total. The molecule has 1 aromatic rings. The highest BCUT2D eigenvalue weighted by molar-refractivity contribution is 5.74. The number of rotatable bonds is 7. The summed E-state index contributed by atoms with van der Waals surface area (Å²) in [6.45, 7) is 4.27. The third-order valence-corrected chi connectivity index (χ3v) is 5.04. The number of hydrogen-bond acceptors (Lipinski definition) is 4. The quantitative estimate of drug-likeness (QED) is 0.694. The van der Waals surface area contributed by atoms with Crippen molar-refractivity contribution in [1.82, 2.24) is 15.5 Å². The number of carbonyl (C=O) groups is 1. The van der Waals surface area contributed by atoms with Crippen LogP contribution in [-0.2, 0) is 0 Å². The Morgan fingerprint density at radius 2 is 2.00 bits per heavy atom. The fourth-order valence-electron chi connectivity index (χ4n) is 3.48. The standard InChI is InChI=1S/C20H33N3O3/c1-14-7-5-8-15(2)19(14)26-13-18(24)12-21-20(25)22-16-9-6-10-17(11-16)23(3)4/h5,7-8,16-18,24H,6,9-13H2,1-4H3,(H2,21,22,25)/t16-,17+,18-/m1/s1. The number of aryl methyl sites for hydroxylation is 2. The van der Waals surface area contributed by atoms with Crippen LogP contribution in [0.1, 0.15) is 36.8 Å². The maximum absolute atomic E-state index is 12.1. The number of hydrogen-bond donors (Lipinski definition) is 3. The van der Waals surface area contributed by atoms with Crippen LogP contribution in [0, 0.1) is 13.8 Å². The summed E-state index contributed by atoms with van der Waals surface area (Å²) in [4.78, 5) is 14.3. The number of urea groups is 1. The predicted molar refractivity (Wildman–Crippen MR) is 104 cm³/mol. The molecule has 3 atom stereocenters. The summed E-state index contributed by atoms with van der Waals surface area (Å²) >= 11 is 0. The Balaban J connectivity index is 1.70. The molecule has 6 nitrogen and oxygen atoms in total. The summed E-state index contributed by atoms with van der Waals surface area (Å²) in [6.07, 6.45) is 3.54. The summed E-state index contributed by atoms with van der Waals surface area (Å²) in [5.41, 5.74) is 2.08. The number of aliphatic hydroxyl groups is 1. The maximum Gasteiger partial charge on any atom is 0.315 e. The second kappa shape index (κ2) is 9.78. The Bertz CT molecular complexity index is 571. The number of para-hydroxylation sites is 1. The number of ether oxygens (including phenoxy) is 1. The Kier molecular flexibility index (Phi) is 7.72. The van der Waals surface area contributed by atoms with Gasteiger partial charge in [0.25, 0.3) is 0 Å². The molecule has 2 rings (SSSR count). The molecule has 0 saturated heterocycles. The van der Waals surface area contributed by atoms with E-state index in [2.05, 4.69) is 29.6 Å². The molecule has 0 radical (unpaired) electrons. The van der Waals surface area contributed by atoms with Crippen molar-refractivity contribution in [3.63, 3.8) is 0 Å². The Labute approximate surface area is 156 Å². The molecule has 0 spiro atoms. The highest BCUT2D eigenvalue weighted by Gasteiger charge is 2.24. The molecule has 0 heterocycles. The summed E-state index contributed by atoms with van der Waals surface area (Å²) in [5, 5.41) is 15.9. The van der Waals surface area contributed by atoms with Crippen LogP contribution in [0.3, 0.4) is 0 Å². The largest absolute Gasteiger partial charge is 0.490 e. The number of nitrogens with one attached hydrogen (secondary N) is 2. The van der Waals surface area contributed by atoms with Crippen molar-refractivity contribution in [2.45, 2.75) is 57.7 Å². The SMILES string of the molecule is Cc1cccc(C)c1OC[C@H](O)CNC(=O)N[C@@H]1CCC[C@H](N(C)C)C1. The van der Waals surface area contributed by atoms with Gasteiger partial charge in [0.2, 0.25) is 0 Å². The highest BCUT2D eigenvalue weighted by Crippen LogP contribution is 2.22. The topological polar surface area (TPSA) is 73.8 Å². The molecule has 6 heteroatoms. The molecule has 1 fully saturated rings. The van der Waals surface area contributed by atoms with Crippen LogP contribution in [0.4, 0.5) is 4.79 Å². The average Bonchev–Trinajstić information content (AvgIpc) is 2.59. The van der Waals surface area contributed by atoms with Gasteiger partial charge in [0.15, 0.2) is 0 Å². The Morgan fingerprint density at radius 1 is 1.31 bits per heavy atom. The predicted octanol–water partition coefficient (Wildman–Crippen LogP) is 2.22. The second-order valence-electron chi connectivity index (χ2n) is 7.52. The van der Waals surface area contributed by atoms with Crippen molar-refractivity contribution < 1.29 is 14.6 Å². The molecule has 1 aliphatic rings. The van der Waals surface area contributed by atoms with Gasteiger partial charge in [-0.05, 0) is 64.8 Å². The van der Waals surface area contributed by atoms with E-state index in [1.165, 1.54) is 6.42 Å². The van der Waals surface area contributed by atoms with E-state index in [0.29, 0.717) is 6.04 Å². The molecule has 26 heavy (non-hydrogen) atoms. The minimum absolute atomic E-state index is 0.151. The summed E-state index contributed by atoms with van der Waals surface area (Å²) in [5.74, 6) is 0.799. The first-order valence-corrected chi connectivity index (χ1v) is 9.44. The van der Waals surface area contributed by atoms with Crippen molar-refractivity contribution in [2.75, 3.05) is 27.2 Å². The molecule has 0 aromatic heterocycles. The summed E-state index contributed by atoms with van der Waals surface area (Å²) in [6, 6.07) is 6.42. The van der Waals surface area contributed by atoms with Gasteiger partial charge < -0.3 is 25.4 Å². The van der Waals surface area contributed by atoms with Gasteiger partial charge in [-0.3, -0.25) is 0 Å². The highest BCUT2D eigenvalue weighted by atomic mass is 16.5. The zero-order chi connectivity index (χ0) is 19.1. The van der Waals surface area contributed by atoms with E-state index >= 15 is 0 Å². The first kappa shape index (κ1) is 20.5. The molecule has 0 aliphatic heterocycles.